The maximum Gasteiger partial charge on any atom is 0.301 e. The number of anilines is 1. The quantitative estimate of drug-likeness (QED) is 0.764. The van der Waals surface area contributed by atoms with E-state index < -0.39 is 24.5 Å². The molecule has 1 aromatic carbocycles. The molecule has 4 rings (SSSR count). The molecule has 2 heterocycles. The van der Waals surface area contributed by atoms with E-state index in [-0.39, 0.29) is 36.1 Å². The number of hydrogen-bond acceptors (Lipinski definition) is 6. The summed E-state index contributed by atoms with van der Waals surface area (Å²) >= 11 is 0. The summed E-state index contributed by atoms with van der Waals surface area (Å²) in [5, 5.41) is 12.3. The highest BCUT2D eigenvalue weighted by atomic mass is 19.3. The molecule has 2 aliphatic rings. The molecule has 1 saturated carbocycles. The minimum absolute atomic E-state index is 0.0236. The molecule has 2 aromatic rings. The van der Waals surface area contributed by atoms with Crippen LogP contribution in [0.3, 0.4) is 0 Å². The van der Waals surface area contributed by atoms with Crippen molar-refractivity contribution in [3.63, 3.8) is 0 Å². The number of alkyl halides is 2. The fraction of sp³-hybridized carbons (Fsp3) is 0.409. The van der Waals surface area contributed by atoms with Gasteiger partial charge >= 0.3 is 5.92 Å². The van der Waals surface area contributed by atoms with Crippen LogP contribution in [0.5, 0.6) is 5.75 Å². The van der Waals surface area contributed by atoms with E-state index >= 15 is 0 Å². The summed E-state index contributed by atoms with van der Waals surface area (Å²) < 4.78 is 34.5. The molecule has 10 heteroatoms. The second kappa shape index (κ2) is 8.49. The van der Waals surface area contributed by atoms with Crippen LogP contribution in [0.2, 0.25) is 0 Å². The summed E-state index contributed by atoms with van der Waals surface area (Å²) in [4.78, 5) is 32.7. The van der Waals surface area contributed by atoms with Crippen molar-refractivity contribution < 1.29 is 23.1 Å². The Balaban J connectivity index is 1.52. The van der Waals surface area contributed by atoms with Crippen LogP contribution in [0.1, 0.15) is 31.7 Å². The standard InChI is InChI=1S/C22H21F2N5O3/c1-13(30)29-7-6-19(22(23,24)11-29)32-18-5-4-15(8-16(18)10-25)17-9-20(27-12-26-17)28-21(31)14-2-3-14/h4-5,8-9,12,14,19H,2-3,6-7,11H2,1H3,(H,26,27,28,31)/t19-/m0/s1. The molecular weight excluding hydrogens is 420 g/mol. The van der Waals surface area contributed by atoms with Crippen molar-refractivity contribution in [1.29, 1.82) is 5.26 Å². The Labute approximate surface area is 183 Å². The fourth-order valence-corrected chi connectivity index (χ4v) is 3.52. The number of piperidine rings is 1. The van der Waals surface area contributed by atoms with Gasteiger partial charge in [-0.25, -0.2) is 18.7 Å². The molecule has 0 radical (unpaired) electrons. The van der Waals surface area contributed by atoms with Gasteiger partial charge in [0.05, 0.1) is 17.8 Å². The highest BCUT2D eigenvalue weighted by molar-refractivity contribution is 5.93. The van der Waals surface area contributed by atoms with E-state index in [1.165, 1.54) is 25.4 Å². The molecule has 0 unspecified atom stereocenters. The van der Waals surface area contributed by atoms with Crippen LogP contribution in [0.4, 0.5) is 14.6 Å². The second-order valence-electron chi connectivity index (χ2n) is 7.97. The molecule has 2 fully saturated rings. The van der Waals surface area contributed by atoms with Crippen molar-refractivity contribution in [2.45, 2.75) is 38.2 Å². The third kappa shape index (κ3) is 4.66. The van der Waals surface area contributed by atoms with Gasteiger partial charge in [0.2, 0.25) is 11.8 Å². The van der Waals surface area contributed by atoms with E-state index in [9.17, 15) is 23.6 Å². The van der Waals surface area contributed by atoms with E-state index in [0.717, 1.165) is 17.7 Å². The summed E-state index contributed by atoms with van der Waals surface area (Å²) in [6.45, 7) is 0.689. The van der Waals surface area contributed by atoms with Crippen molar-refractivity contribution >= 4 is 17.6 Å². The Morgan fingerprint density at radius 3 is 2.69 bits per heavy atom. The average Bonchev–Trinajstić information content (AvgIpc) is 3.60. The lowest BCUT2D eigenvalue weighted by Crippen LogP contribution is -2.54. The Bertz CT molecular complexity index is 1100. The predicted molar refractivity (Wildman–Crippen MR) is 110 cm³/mol. The van der Waals surface area contributed by atoms with Gasteiger partial charge in [0, 0.05) is 37.4 Å². The highest BCUT2D eigenvalue weighted by Crippen LogP contribution is 2.34. The minimum Gasteiger partial charge on any atom is -0.483 e. The van der Waals surface area contributed by atoms with Crippen molar-refractivity contribution in [1.82, 2.24) is 14.9 Å². The zero-order chi connectivity index (χ0) is 22.9. The Morgan fingerprint density at radius 1 is 1.25 bits per heavy atom. The predicted octanol–water partition coefficient (Wildman–Crippen LogP) is 3.00. The highest BCUT2D eigenvalue weighted by Gasteiger charge is 2.47. The number of carbonyl (C=O) groups excluding carboxylic acids is 2. The zero-order valence-electron chi connectivity index (χ0n) is 17.3. The summed E-state index contributed by atoms with van der Waals surface area (Å²) in [7, 11) is 0. The van der Waals surface area contributed by atoms with Gasteiger partial charge in [-0.3, -0.25) is 9.59 Å². The lowest BCUT2D eigenvalue weighted by molar-refractivity contribution is -0.158. The molecule has 1 aliphatic carbocycles. The number of nitriles is 1. The molecule has 2 amide bonds. The zero-order valence-corrected chi connectivity index (χ0v) is 17.3. The van der Waals surface area contributed by atoms with Gasteiger partial charge in [0.1, 0.15) is 24.0 Å². The van der Waals surface area contributed by atoms with Crippen LogP contribution < -0.4 is 10.1 Å². The smallest absolute Gasteiger partial charge is 0.301 e. The first kappa shape index (κ1) is 21.6. The number of nitrogens with one attached hydrogen (secondary N) is 1. The van der Waals surface area contributed by atoms with Crippen LogP contribution in [0.15, 0.2) is 30.6 Å². The van der Waals surface area contributed by atoms with Gasteiger partial charge < -0.3 is 15.0 Å². The molecule has 32 heavy (non-hydrogen) atoms. The summed E-state index contributed by atoms with van der Waals surface area (Å²) in [6.07, 6.45) is 1.54. The third-order valence-electron chi connectivity index (χ3n) is 5.51. The first-order valence-corrected chi connectivity index (χ1v) is 10.2. The summed E-state index contributed by atoms with van der Waals surface area (Å²) in [5.74, 6) is -3.33. The van der Waals surface area contributed by atoms with E-state index in [1.54, 1.807) is 12.1 Å². The molecule has 1 aliphatic heterocycles. The number of hydrogen-bond donors (Lipinski definition) is 1. The fourth-order valence-electron chi connectivity index (χ4n) is 3.52. The maximum atomic E-state index is 14.5. The second-order valence-corrected chi connectivity index (χ2v) is 7.97. The van der Waals surface area contributed by atoms with Gasteiger partial charge in [-0.1, -0.05) is 0 Å². The minimum atomic E-state index is -3.24. The molecular formula is C22H21F2N5O3. The van der Waals surface area contributed by atoms with Crippen LogP contribution >= 0.6 is 0 Å². The molecule has 0 bridgehead atoms. The van der Waals surface area contributed by atoms with Crippen molar-refractivity contribution in [2.75, 3.05) is 18.4 Å². The van der Waals surface area contributed by atoms with Gasteiger partial charge in [-0.05, 0) is 31.0 Å². The van der Waals surface area contributed by atoms with Crippen LogP contribution in [-0.2, 0) is 9.59 Å². The van der Waals surface area contributed by atoms with E-state index in [1.807, 2.05) is 6.07 Å². The largest absolute Gasteiger partial charge is 0.483 e. The number of ether oxygens (including phenoxy) is 1. The Kier molecular flexibility index (Phi) is 5.74. The van der Waals surface area contributed by atoms with E-state index in [4.69, 9.17) is 4.74 Å². The number of aromatic nitrogens is 2. The number of rotatable bonds is 5. The van der Waals surface area contributed by atoms with Gasteiger partial charge in [0.15, 0.2) is 6.10 Å². The first-order chi connectivity index (χ1) is 15.3. The average molecular weight is 441 g/mol. The SMILES string of the molecule is CC(=O)N1CC[C@H](Oc2ccc(-c3cc(NC(=O)C4CC4)ncn3)cc2C#N)C(F)(F)C1. The van der Waals surface area contributed by atoms with Crippen molar-refractivity contribution in [2.24, 2.45) is 5.92 Å². The number of halogens is 2. The Morgan fingerprint density at radius 2 is 2.03 bits per heavy atom. The molecule has 1 N–H and O–H groups in total. The molecule has 1 saturated heterocycles. The number of likely N-dealkylation sites (tertiary alicyclic amines) is 1. The number of carbonyl (C=O) groups is 2. The molecule has 1 aromatic heterocycles. The van der Waals surface area contributed by atoms with Gasteiger partial charge in [-0.15, -0.1) is 0 Å². The summed E-state index contributed by atoms with van der Waals surface area (Å²) in [6, 6.07) is 8.11. The van der Waals surface area contributed by atoms with Crippen LogP contribution in [-0.4, -0.2) is 51.8 Å². The van der Waals surface area contributed by atoms with Crippen molar-refractivity contribution in [3.05, 3.63) is 36.2 Å². The van der Waals surface area contributed by atoms with Gasteiger partial charge in [-0.2, -0.15) is 5.26 Å². The lowest BCUT2D eigenvalue weighted by atomic mass is 10.0. The molecule has 8 nitrogen and oxygen atoms in total. The normalized spacial score (nSPS) is 19.7. The lowest BCUT2D eigenvalue weighted by Gasteiger charge is -2.37. The first-order valence-electron chi connectivity index (χ1n) is 10.2. The van der Waals surface area contributed by atoms with Gasteiger partial charge in [0.25, 0.3) is 0 Å². The van der Waals surface area contributed by atoms with Crippen LogP contribution in [0, 0.1) is 17.2 Å². The van der Waals surface area contributed by atoms with Crippen molar-refractivity contribution in [3.8, 4) is 23.1 Å². The molecule has 166 valence electrons. The monoisotopic (exact) mass is 441 g/mol. The molecule has 0 spiro atoms. The van der Waals surface area contributed by atoms with Crippen LogP contribution in [0.25, 0.3) is 11.3 Å². The number of amides is 2. The summed E-state index contributed by atoms with van der Waals surface area (Å²) in [5.41, 5.74) is 1.10. The topological polar surface area (TPSA) is 108 Å². The van der Waals surface area contributed by atoms with E-state index in [2.05, 4.69) is 15.3 Å². The van der Waals surface area contributed by atoms with E-state index in [0.29, 0.717) is 17.1 Å². The maximum absolute atomic E-state index is 14.5. The number of nitrogens with zero attached hydrogens (tertiary/aromatic N) is 4. The third-order valence-corrected chi connectivity index (χ3v) is 5.51. The Hall–Kier alpha value is -3.61. The number of benzene rings is 1. The molecule has 1 atom stereocenters.